The molecule has 6 heteroatoms. The summed E-state index contributed by atoms with van der Waals surface area (Å²) in [5, 5.41) is 7.50. The van der Waals surface area contributed by atoms with Crippen molar-refractivity contribution in [1.82, 2.24) is 20.5 Å². The zero-order valence-electron chi connectivity index (χ0n) is 18.1. The predicted octanol–water partition coefficient (Wildman–Crippen LogP) is 3.09. The van der Waals surface area contributed by atoms with Gasteiger partial charge in [-0.2, -0.15) is 0 Å². The second kappa shape index (κ2) is 10.3. The van der Waals surface area contributed by atoms with Crippen LogP contribution in [0.25, 0.3) is 10.9 Å². The van der Waals surface area contributed by atoms with Gasteiger partial charge in [0.1, 0.15) is 0 Å². The van der Waals surface area contributed by atoms with Gasteiger partial charge in [-0.05, 0) is 49.7 Å². The van der Waals surface area contributed by atoms with Crippen LogP contribution < -0.4 is 10.6 Å². The Hall–Kier alpha value is -2.50. The minimum Gasteiger partial charge on any atom is -0.361 e. The van der Waals surface area contributed by atoms with Gasteiger partial charge in [0.2, 0.25) is 5.91 Å². The molecule has 0 aliphatic carbocycles. The Balaban J connectivity index is 1.60. The SMILES string of the molecule is CCNC(=NCCc1c[nH]c2c(CC)cccc12)N1CCC(CC(=O)NC)CC1. The van der Waals surface area contributed by atoms with Crippen molar-refractivity contribution in [2.75, 3.05) is 33.2 Å². The molecule has 0 bridgehead atoms. The Morgan fingerprint density at radius 1 is 1.24 bits per heavy atom. The van der Waals surface area contributed by atoms with E-state index in [0.29, 0.717) is 12.3 Å². The van der Waals surface area contributed by atoms with Crippen LogP contribution >= 0.6 is 0 Å². The third-order valence-electron chi connectivity index (χ3n) is 5.91. The summed E-state index contributed by atoms with van der Waals surface area (Å²) < 4.78 is 0. The Morgan fingerprint density at radius 3 is 2.72 bits per heavy atom. The molecule has 0 saturated carbocycles. The van der Waals surface area contributed by atoms with Gasteiger partial charge in [0.05, 0.1) is 0 Å². The maximum absolute atomic E-state index is 11.6. The smallest absolute Gasteiger partial charge is 0.220 e. The molecule has 1 fully saturated rings. The lowest BCUT2D eigenvalue weighted by Crippen LogP contribution is -2.46. The first-order chi connectivity index (χ1) is 14.2. The maximum Gasteiger partial charge on any atom is 0.220 e. The fourth-order valence-electron chi connectivity index (χ4n) is 4.20. The quantitative estimate of drug-likeness (QED) is 0.497. The lowest BCUT2D eigenvalue weighted by Gasteiger charge is -2.34. The number of piperidine rings is 1. The summed E-state index contributed by atoms with van der Waals surface area (Å²) in [7, 11) is 1.71. The summed E-state index contributed by atoms with van der Waals surface area (Å²) in [5.74, 6) is 1.63. The zero-order chi connectivity index (χ0) is 20.6. The normalized spacial score (nSPS) is 15.7. The molecule has 0 unspecified atom stereocenters. The molecule has 1 aliphatic rings. The van der Waals surface area contributed by atoms with Crippen molar-refractivity contribution in [3.63, 3.8) is 0 Å². The molecular weight excluding hydrogens is 362 g/mol. The van der Waals surface area contributed by atoms with Crippen molar-refractivity contribution in [3.8, 4) is 0 Å². The molecule has 1 saturated heterocycles. The van der Waals surface area contributed by atoms with E-state index >= 15 is 0 Å². The van der Waals surface area contributed by atoms with Crippen molar-refractivity contribution in [2.45, 2.75) is 46.0 Å². The van der Waals surface area contributed by atoms with Gasteiger partial charge >= 0.3 is 0 Å². The number of benzene rings is 1. The van der Waals surface area contributed by atoms with Crippen LogP contribution in [-0.2, 0) is 17.6 Å². The Morgan fingerprint density at radius 2 is 2.03 bits per heavy atom. The summed E-state index contributed by atoms with van der Waals surface area (Å²) in [6, 6.07) is 6.54. The lowest BCUT2D eigenvalue weighted by atomic mass is 9.93. The van der Waals surface area contributed by atoms with E-state index in [9.17, 15) is 4.79 Å². The summed E-state index contributed by atoms with van der Waals surface area (Å²) >= 11 is 0. The minimum absolute atomic E-state index is 0.147. The molecule has 0 spiro atoms. The third-order valence-corrected chi connectivity index (χ3v) is 5.91. The van der Waals surface area contributed by atoms with E-state index in [0.717, 1.165) is 57.8 Å². The van der Waals surface area contributed by atoms with E-state index in [4.69, 9.17) is 4.99 Å². The molecule has 29 heavy (non-hydrogen) atoms. The molecule has 1 aromatic carbocycles. The van der Waals surface area contributed by atoms with Crippen LogP contribution in [0, 0.1) is 5.92 Å². The van der Waals surface area contributed by atoms with Crippen LogP contribution in [0.4, 0.5) is 0 Å². The van der Waals surface area contributed by atoms with Crippen LogP contribution in [0.1, 0.15) is 44.2 Å². The number of nitrogens with zero attached hydrogens (tertiary/aromatic N) is 2. The predicted molar refractivity (Wildman–Crippen MR) is 120 cm³/mol. The Bertz CT molecular complexity index is 833. The number of aromatic nitrogens is 1. The summed E-state index contributed by atoms with van der Waals surface area (Å²) in [4.78, 5) is 22.3. The molecule has 2 heterocycles. The van der Waals surface area contributed by atoms with Gasteiger partial charge in [0.15, 0.2) is 5.96 Å². The molecule has 1 aromatic heterocycles. The molecule has 0 atom stereocenters. The molecule has 158 valence electrons. The molecule has 3 N–H and O–H groups in total. The first-order valence-corrected chi connectivity index (χ1v) is 11.0. The number of carbonyl (C=O) groups is 1. The summed E-state index contributed by atoms with van der Waals surface area (Å²) in [6.45, 7) is 7.86. The number of aromatic amines is 1. The minimum atomic E-state index is 0.147. The molecule has 3 rings (SSSR count). The van der Waals surface area contributed by atoms with Gasteiger partial charge in [0, 0.05) is 56.7 Å². The highest BCUT2D eigenvalue weighted by atomic mass is 16.1. The van der Waals surface area contributed by atoms with Crippen molar-refractivity contribution in [2.24, 2.45) is 10.9 Å². The number of hydrogen-bond donors (Lipinski definition) is 3. The van der Waals surface area contributed by atoms with Gasteiger partial charge < -0.3 is 20.5 Å². The van der Waals surface area contributed by atoms with E-state index in [1.807, 2.05) is 0 Å². The molecular formula is C23H35N5O. The average Bonchev–Trinajstić information content (AvgIpc) is 3.17. The lowest BCUT2D eigenvalue weighted by molar-refractivity contribution is -0.121. The van der Waals surface area contributed by atoms with Gasteiger partial charge in [-0.1, -0.05) is 25.1 Å². The van der Waals surface area contributed by atoms with Gasteiger partial charge in [-0.15, -0.1) is 0 Å². The first kappa shape index (κ1) is 21.2. The standard InChI is InChI=1S/C23H35N5O/c1-4-18-7-6-8-20-19(16-27-22(18)20)9-12-26-23(25-5-2)28-13-10-17(11-14-28)15-21(29)24-3/h6-8,16-17,27H,4-5,9-15H2,1-3H3,(H,24,29)(H,25,26). The summed E-state index contributed by atoms with van der Waals surface area (Å²) in [6.07, 6.45) is 6.82. The second-order valence-electron chi connectivity index (χ2n) is 7.80. The Labute approximate surface area is 174 Å². The highest BCUT2D eigenvalue weighted by molar-refractivity contribution is 5.86. The van der Waals surface area contributed by atoms with E-state index in [1.165, 1.54) is 22.0 Å². The van der Waals surface area contributed by atoms with Crippen molar-refractivity contribution >= 4 is 22.8 Å². The first-order valence-electron chi connectivity index (χ1n) is 11.0. The number of carbonyl (C=O) groups excluding carboxylic acids is 1. The van der Waals surface area contributed by atoms with E-state index in [1.54, 1.807) is 7.05 Å². The number of aliphatic imine (C=N–C) groups is 1. The van der Waals surface area contributed by atoms with Crippen LogP contribution in [0.3, 0.4) is 0 Å². The molecule has 2 aromatic rings. The number of rotatable bonds is 7. The molecule has 1 aliphatic heterocycles. The van der Waals surface area contributed by atoms with E-state index in [2.05, 4.69) is 58.8 Å². The van der Waals surface area contributed by atoms with Crippen LogP contribution in [-0.4, -0.2) is 55.0 Å². The monoisotopic (exact) mass is 397 g/mol. The number of amides is 1. The fraction of sp³-hybridized carbons (Fsp3) is 0.565. The average molecular weight is 398 g/mol. The highest BCUT2D eigenvalue weighted by Gasteiger charge is 2.23. The molecule has 0 radical (unpaired) electrons. The number of nitrogens with one attached hydrogen (secondary N) is 3. The van der Waals surface area contributed by atoms with Crippen molar-refractivity contribution in [3.05, 3.63) is 35.5 Å². The topological polar surface area (TPSA) is 72.5 Å². The third kappa shape index (κ3) is 5.31. The maximum atomic E-state index is 11.6. The van der Waals surface area contributed by atoms with Crippen LogP contribution in [0.15, 0.2) is 29.4 Å². The van der Waals surface area contributed by atoms with Crippen LogP contribution in [0.2, 0.25) is 0 Å². The fourth-order valence-corrected chi connectivity index (χ4v) is 4.20. The summed E-state index contributed by atoms with van der Waals surface area (Å²) in [5.41, 5.74) is 3.96. The number of H-pyrrole nitrogens is 1. The number of fused-ring (bicyclic) bond motifs is 1. The second-order valence-corrected chi connectivity index (χ2v) is 7.80. The van der Waals surface area contributed by atoms with Crippen molar-refractivity contribution < 1.29 is 4.79 Å². The number of likely N-dealkylation sites (tertiary alicyclic amines) is 1. The van der Waals surface area contributed by atoms with Crippen molar-refractivity contribution in [1.29, 1.82) is 0 Å². The number of aryl methyl sites for hydroxylation is 1. The largest absolute Gasteiger partial charge is 0.361 e. The van der Waals surface area contributed by atoms with Gasteiger partial charge in [-0.3, -0.25) is 9.79 Å². The molecule has 6 nitrogen and oxygen atoms in total. The zero-order valence-corrected chi connectivity index (χ0v) is 18.1. The van der Waals surface area contributed by atoms with Gasteiger partial charge in [0.25, 0.3) is 0 Å². The van der Waals surface area contributed by atoms with Gasteiger partial charge in [-0.25, -0.2) is 0 Å². The number of para-hydroxylation sites is 1. The van der Waals surface area contributed by atoms with E-state index in [-0.39, 0.29) is 5.91 Å². The molecule has 1 amide bonds. The number of hydrogen-bond acceptors (Lipinski definition) is 2. The van der Waals surface area contributed by atoms with E-state index < -0.39 is 0 Å². The highest BCUT2D eigenvalue weighted by Crippen LogP contribution is 2.23. The van der Waals surface area contributed by atoms with Crippen LogP contribution in [0.5, 0.6) is 0 Å². The Kier molecular flexibility index (Phi) is 7.55. The number of guanidine groups is 1.